The van der Waals surface area contributed by atoms with Gasteiger partial charge in [-0.25, -0.2) is 14.1 Å². The summed E-state index contributed by atoms with van der Waals surface area (Å²) in [4.78, 5) is 8.93. The molecule has 4 rings (SSSR count). The maximum atomic E-state index is 13.1. The molecule has 0 unspecified atom stereocenters. The van der Waals surface area contributed by atoms with Crippen LogP contribution in [0.3, 0.4) is 0 Å². The Labute approximate surface area is 182 Å². The molecule has 0 bridgehead atoms. The van der Waals surface area contributed by atoms with Gasteiger partial charge in [0.05, 0.1) is 24.4 Å². The highest BCUT2D eigenvalue weighted by Gasteiger charge is 2.12. The normalized spacial score (nSPS) is 11.7. The summed E-state index contributed by atoms with van der Waals surface area (Å²) in [5.41, 5.74) is 3.57. The third-order valence-electron chi connectivity index (χ3n) is 4.91. The molecule has 0 aliphatic rings. The molecule has 0 atom stereocenters. The van der Waals surface area contributed by atoms with E-state index in [1.807, 2.05) is 29.1 Å². The van der Waals surface area contributed by atoms with Gasteiger partial charge < -0.3 is 9.30 Å². The van der Waals surface area contributed by atoms with Crippen LogP contribution >= 0.6 is 0 Å². The molecular weight excluding hydrogens is 409 g/mol. The summed E-state index contributed by atoms with van der Waals surface area (Å²) in [6.45, 7) is 8.28. The highest BCUT2D eigenvalue weighted by molar-refractivity contribution is 6.76. The molecule has 8 heteroatoms. The summed E-state index contributed by atoms with van der Waals surface area (Å²) in [6, 6.07) is 11.4. The molecule has 6 nitrogen and oxygen atoms in total. The average Bonchev–Trinajstić information content (AvgIpc) is 3.41. The van der Waals surface area contributed by atoms with Crippen LogP contribution in [0.5, 0.6) is 0 Å². The minimum absolute atomic E-state index is 0.256. The largest absolute Gasteiger partial charge is 0.361 e. The summed E-state index contributed by atoms with van der Waals surface area (Å²) in [6.07, 6.45) is 9.18. The van der Waals surface area contributed by atoms with E-state index in [0.717, 1.165) is 40.9 Å². The third kappa shape index (κ3) is 5.53. The van der Waals surface area contributed by atoms with Crippen LogP contribution in [0.25, 0.3) is 28.2 Å². The van der Waals surface area contributed by atoms with Crippen LogP contribution in [-0.2, 0) is 11.5 Å². The van der Waals surface area contributed by atoms with Crippen molar-refractivity contribution in [2.24, 2.45) is 0 Å². The van der Waals surface area contributed by atoms with Gasteiger partial charge in [0.25, 0.3) is 0 Å². The molecule has 0 spiro atoms. The van der Waals surface area contributed by atoms with E-state index in [9.17, 15) is 4.39 Å². The SMILES string of the molecule is C[Si](C)(C)CCOCn1cnc(-n2cc(-c3ccc(-c4ccc(F)cc4)nc3)cn2)c1. The highest BCUT2D eigenvalue weighted by Crippen LogP contribution is 2.23. The van der Waals surface area contributed by atoms with Crippen molar-refractivity contribution in [2.75, 3.05) is 6.61 Å². The summed E-state index contributed by atoms with van der Waals surface area (Å²) in [5, 5.41) is 4.43. The molecule has 0 fully saturated rings. The molecule has 1 aromatic carbocycles. The lowest BCUT2D eigenvalue weighted by Crippen LogP contribution is -2.21. The number of hydrogen-bond donors (Lipinski definition) is 0. The number of pyridine rings is 1. The third-order valence-corrected chi connectivity index (χ3v) is 6.61. The van der Waals surface area contributed by atoms with Crippen LogP contribution in [0.2, 0.25) is 25.7 Å². The number of rotatable bonds is 8. The first-order valence-corrected chi connectivity index (χ1v) is 13.9. The molecule has 4 aromatic rings. The first kappa shape index (κ1) is 21.1. The van der Waals surface area contributed by atoms with Crippen molar-refractivity contribution >= 4 is 8.07 Å². The van der Waals surface area contributed by atoms with Crippen molar-refractivity contribution in [3.8, 4) is 28.2 Å². The molecule has 0 amide bonds. The number of aromatic nitrogens is 5. The van der Waals surface area contributed by atoms with Crippen molar-refractivity contribution in [3.63, 3.8) is 0 Å². The standard InChI is InChI=1S/C23H26FN5OSi/c1-31(2,3)11-10-30-17-28-15-23(26-16-28)29-14-20(13-27-29)19-6-9-22(25-12-19)18-4-7-21(24)8-5-18/h4-9,12-16H,10-11,17H2,1-3H3. The zero-order valence-corrected chi connectivity index (χ0v) is 19.0. The predicted molar refractivity (Wildman–Crippen MR) is 122 cm³/mol. The van der Waals surface area contributed by atoms with Crippen molar-refractivity contribution in [1.82, 2.24) is 24.3 Å². The van der Waals surface area contributed by atoms with E-state index in [0.29, 0.717) is 6.73 Å². The van der Waals surface area contributed by atoms with Crippen LogP contribution in [-0.4, -0.2) is 39.0 Å². The minimum atomic E-state index is -1.08. The molecule has 0 aliphatic heterocycles. The number of ether oxygens (including phenoxy) is 1. The quantitative estimate of drug-likeness (QED) is 0.280. The second-order valence-electron chi connectivity index (χ2n) is 8.71. The number of halogens is 1. The fourth-order valence-electron chi connectivity index (χ4n) is 3.04. The second-order valence-corrected chi connectivity index (χ2v) is 14.3. The second kappa shape index (κ2) is 8.95. The summed E-state index contributed by atoms with van der Waals surface area (Å²) in [7, 11) is -1.08. The molecule has 3 heterocycles. The maximum absolute atomic E-state index is 13.1. The van der Waals surface area contributed by atoms with Gasteiger partial charge in [0.2, 0.25) is 0 Å². The maximum Gasteiger partial charge on any atom is 0.171 e. The Hall–Kier alpha value is -3.10. The average molecular weight is 436 g/mol. The zero-order valence-electron chi connectivity index (χ0n) is 18.0. The number of imidazole rings is 1. The van der Waals surface area contributed by atoms with Crippen molar-refractivity contribution in [1.29, 1.82) is 0 Å². The Morgan fingerprint density at radius 1 is 0.903 bits per heavy atom. The van der Waals surface area contributed by atoms with E-state index in [-0.39, 0.29) is 5.82 Å². The van der Waals surface area contributed by atoms with Gasteiger partial charge in [0, 0.05) is 43.8 Å². The van der Waals surface area contributed by atoms with E-state index < -0.39 is 8.07 Å². The fourth-order valence-corrected chi connectivity index (χ4v) is 3.80. The topological polar surface area (TPSA) is 57.8 Å². The number of nitrogens with zero attached hydrogens (tertiary/aromatic N) is 5. The Morgan fingerprint density at radius 2 is 1.68 bits per heavy atom. The van der Waals surface area contributed by atoms with E-state index >= 15 is 0 Å². The Morgan fingerprint density at radius 3 is 2.39 bits per heavy atom. The van der Waals surface area contributed by atoms with Gasteiger partial charge in [-0.3, -0.25) is 4.98 Å². The molecule has 0 saturated carbocycles. The van der Waals surface area contributed by atoms with Gasteiger partial charge in [-0.05, 0) is 36.4 Å². The van der Waals surface area contributed by atoms with Gasteiger partial charge in [-0.2, -0.15) is 5.10 Å². The Kier molecular flexibility index (Phi) is 6.10. The first-order chi connectivity index (χ1) is 14.9. The molecule has 160 valence electrons. The van der Waals surface area contributed by atoms with E-state index in [2.05, 4.69) is 34.7 Å². The Bertz CT molecular complexity index is 1130. The lowest BCUT2D eigenvalue weighted by atomic mass is 10.1. The van der Waals surface area contributed by atoms with Crippen molar-refractivity contribution < 1.29 is 9.13 Å². The summed E-state index contributed by atoms with van der Waals surface area (Å²) < 4.78 is 22.5. The molecule has 31 heavy (non-hydrogen) atoms. The highest BCUT2D eigenvalue weighted by atomic mass is 28.3. The summed E-state index contributed by atoms with van der Waals surface area (Å²) in [5.74, 6) is 0.476. The van der Waals surface area contributed by atoms with Crippen LogP contribution in [0.15, 0.2) is 67.5 Å². The molecule has 0 N–H and O–H groups in total. The van der Waals surface area contributed by atoms with Crippen LogP contribution in [0, 0.1) is 5.82 Å². The number of hydrogen-bond acceptors (Lipinski definition) is 4. The lowest BCUT2D eigenvalue weighted by Gasteiger charge is -2.15. The minimum Gasteiger partial charge on any atom is -0.361 e. The number of benzene rings is 1. The van der Waals surface area contributed by atoms with E-state index in [1.165, 1.54) is 12.1 Å². The van der Waals surface area contributed by atoms with Crippen LogP contribution < -0.4 is 0 Å². The van der Waals surface area contributed by atoms with E-state index in [4.69, 9.17) is 4.74 Å². The van der Waals surface area contributed by atoms with Crippen molar-refractivity contribution in [3.05, 3.63) is 73.3 Å². The van der Waals surface area contributed by atoms with Gasteiger partial charge >= 0.3 is 0 Å². The molecule has 0 radical (unpaired) electrons. The fraction of sp³-hybridized carbons (Fsp3) is 0.261. The van der Waals surface area contributed by atoms with Gasteiger partial charge in [-0.1, -0.05) is 25.7 Å². The van der Waals surface area contributed by atoms with Gasteiger partial charge in [-0.15, -0.1) is 0 Å². The van der Waals surface area contributed by atoms with E-state index in [1.54, 1.807) is 35.5 Å². The lowest BCUT2D eigenvalue weighted by molar-refractivity contribution is 0.0871. The van der Waals surface area contributed by atoms with Crippen LogP contribution in [0.4, 0.5) is 4.39 Å². The Balaban J connectivity index is 1.40. The first-order valence-electron chi connectivity index (χ1n) is 10.2. The van der Waals surface area contributed by atoms with Crippen LogP contribution in [0.1, 0.15) is 0 Å². The van der Waals surface area contributed by atoms with Crippen molar-refractivity contribution in [2.45, 2.75) is 32.4 Å². The smallest absolute Gasteiger partial charge is 0.171 e. The molecular formula is C23H26FN5OSi. The molecule has 0 saturated heterocycles. The molecule has 3 aromatic heterocycles. The zero-order chi connectivity index (χ0) is 21.8. The van der Waals surface area contributed by atoms with Gasteiger partial charge in [0.1, 0.15) is 12.5 Å². The van der Waals surface area contributed by atoms with Gasteiger partial charge in [0.15, 0.2) is 5.82 Å². The summed E-state index contributed by atoms with van der Waals surface area (Å²) >= 11 is 0. The monoisotopic (exact) mass is 435 g/mol. The molecule has 0 aliphatic carbocycles. The predicted octanol–water partition coefficient (Wildman–Crippen LogP) is 5.25.